The standard InChI is InChI=1S/C15H21ClN4/c1-10-8-20(9-12-5-3-4-6-12)14-13(18-11(10)2)7-17-15(16)19-14/h7,10,12,18H,2-6,8-9H2,1H3. The molecule has 0 radical (unpaired) electrons. The maximum absolute atomic E-state index is 5.99. The molecule has 1 aromatic rings. The zero-order valence-electron chi connectivity index (χ0n) is 11.9. The summed E-state index contributed by atoms with van der Waals surface area (Å²) in [6.07, 6.45) is 7.13. The second kappa shape index (κ2) is 5.60. The topological polar surface area (TPSA) is 41.1 Å². The maximum Gasteiger partial charge on any atom is 0.224 e. The van der Waals surface area contributed by atoms with Crippen LogP contribution in [0.1, 0.15) is 32.6 Å². The summed E-state index contributed by atoms with van der Waals surface area (Å²) in [6.45, 7) is 8.30. The van der Waals surface area contributed by atoms with Gasteiger partial charge in [0.2, 0.25) is 5.28 Å². The second-order valence-electron chi connectivity index (χ2n) is 5.98. The van der Waals surface area contributed by atoms with Crippen molar-refractivity contribution in [3.8, 4) is 0 Å². The molecule has 1 N–H and O–H groups in total. The Hall–Kier alpha value is -1.29. The Morgan fingerprint density at radius 2 is 2.20 bits per heavy atom. The van der Waals surface area contributed by atoms with E-state index in [-0.39, 0.29) is 0 Å². The monoisotopic (exact) mass is 292 g/mol. The lowest BCUT2D eigenvalue weighted by molar-refractivity contribution is 0.511. The molecule has 108 valence electrons. The van der Waals surface area contributed by atoms with E-state index in [2.05, 4.69) is 33.7 Å². The molecule has 1 fully saturated rings. The fraction of sp³-hybridized carbons (Fsp3) is 0.600. The van der Waals surface area contributed by atoms with Gasteiger partial charge in [0.25, 0.3) is 0 Å². The highest BCUT2D eigenvalue weighted by atomic mass is 35.5. The average molecular weight is 293 g/mol. The van der Waals surface area contributed by atoms with Crippen molar-refractivity contribution in [1.29, 1.82) is 0 Å². The summed E-state index contributed by atoms with van der Waals surface area (Å²) in [5.74, 6) is 2.07. The Kier molecular flexibility index (Phi) is 3.83. The van der Waals surface area contributed by atoms with Crippen molar-refractivity contribution in [1.82, 2.24) is 9.97 Å². The lowest BCUT2D eigenvalue weighted by atomic mass is 10.1. The molecular formula is C15H21ClN4. The van der Waals surface area contributed by atoms with E-state index in [4.69, 9.17) is 11.6 Å². The summed E-state index contributed by atoms with van der Waals surface area (Å²) in [5, 5.41) is 3.64. The van der Waals surface area contributed by atoms with Crippen LogP contribution < -0.4 is 10.2 Å². The summed E-state index contributed by atoms with van der Waals surface area (Å²) in [6, 6.07) is 0. The van der Waals surface area contributed by atoms with E-state index in [0.29, 0.717) is 11.2 Å². The Balaban J connectivity index is 1.90. The highest BCUT2D eigenvalue weighted by molar-refractivity contribution is 6.28. The van der Waals surface area contributed by atoms with E-state index in [1.54, 1.807) is 6.20 Å². The van der Waals surface area contributed by atoms with Crippen LogP contribution in [-0.2, 0) is 0 Å². The quantitative estimate of drug-likeness (QED) is 0.844. The maximum atomic E-state index is 5.99. The first-order chi connectivity index (χ1) is 9.63. The molecule has 2 aliphatic rings. The van der Waals surface area contributed by atoms with Gasteiger partial charge >= 0.3 is 0 Å². The summed E-state index contributed by atoms with van der Waals surface area (Å²) < 4.78 is 0. The Morgan fingerprint density at radius 3 is 2.95 bits per heavy atom. The van der Waals surface area contributed by atoms with Crippen molar-refractivity contribution >= 4 is 23.1 Å². The van der Waals surface area contributed by atoms with E-state index >= 15 is 0 Å². The molecule has 1 aromatic heterocycles. The van der Waals surface area contributed by atoms with Crippen molar-refractivity contribution in [3.05, 3.63) is 23.8 Å². The molecule has 20 heavy (non-hydrogen) atoms. The molecule has 1 unspecified atom stereocenters. The summed E-state index contributed by atoms with van der Waals surface area (Å²) >= 11 is 5.99. The molecule has 0 amide bonds. The number of hydrogen-bond acceptors (Lipinski definition) is 4. The SMILES string of the molecule is C=C1Nc2cnc(Cl)nc2N(CC2CCCC2)CC1C. The molecule has 0 saturated heterocycles. The zero-order valence-corrected chi connectivity index (χ0v) is 12.7. The number of fused-ring (bicyclic) bond motifs is 1. The van der Waals surface area contributed by atoms with Crippen LogP contribution in [0, 0.1) is 11.8 Å². The molecule has 2 heterocycles. The zero-order chi connectivity index (χ0) is 14.1. The van der Waals surface area contributed by atoms with Gasteiger partial charge in [0, 0.05) is 24.7 Å². The molecule has 0 aromatic carbocycles. The number of anilines is 2. The van der Waals surface area contributed by atoms with Gasteiger partial charge < -0.3 is 10.2 Å². The van der Waals surface area contributed by atoms with Crippen molar-refractivity contribution < 1.29 is 0 Å². The first kappa shape index (κ1) is 13.7. The fourth-order valence-electron chi connectivity index (χ4n) is 3.17. The number of nitrogens with one attached hydrogen (secondary N) is 1. The van der Waals surface area contributed by atoms with Crippen molar-refractivity contribution in [2.45, 2.75) is 32.6 Å². The van der Waals surface area contributed by atoms with Crippen LogP contribution in [0.5, 0.6) is 0 Å². The molecule has 4 nitrogen and oxygen atoms in total. The predicted molar refractivity (Wildman–Crippen MR) is 83.1 cm³/mol. The lowest BCUT2D eigenvalue weighted by Crippen LogP contribution is -2.32. The van der Waals surface area contributed by atoms with E-state index in [0.717, 1.165) is 36.2 Å². The van der Waals surface area contributed by atoms with Gasteiger partial charge in [0.15, 0.2) is 5.82 Å². The summed E-state index contributed by atoms with van der Waals surface area (Å²) in [4.78, 5) is 10.9. The van der Waals surface area contributed by atoms with Crippen LogP contribution in [0.2, 0.25) is 5.28 Å². The van der Waals surface area contributed by atoms with Crippen molar-refractivity contribution in [2.75, 3.05) is 23.3 Å². The molecular weight excluding hydrogens is 272 g/mol. The molecule has 1 aliphatic carbocycles. The average Bonchev–Trinajstić information content (AvgIpc) is 2.89. The highest BCUT2D eigenvalue weighted by Crippen LogP contribution is 2.34. The minimum Gasteiger partial charge on any atom is -0.355 e. The van der Waals surface area contributed by atoms with Crippen LogP contribution in [0.25, 0.3) is 0 Å². The summed E-state index contributed by atoms with van der Waals surface area (Å²) in [7, 11) is 0. The third-order valence-electron chi connectivity index (χ3n) is 4.38. The first-order valence-electron chi connectivity index (χ1n) is 7.37. The fourth-order valence-corrected chi connectivity index (χ4v) is 3.30. The number of halogens is 1. The molecule has 1 atom stereocenters. The van der Waals surface area contributed by atoms with Gasteiger partial charge in [-0.15, -0.1) is 0 Å². The number of aromatic nitrogens is 2. The number of hydrogen-bond donors (Lipinski definition) is 1. The van der Waals surface area contributed by atoms with Gasteiger partial charge in [-0.3, -0.25) is 0 Å². The third kappa shape index (κ3) is 2.75. The van der Waals surface area contributed by atoms with E-state index < -0.39 is 0 Å². The van der Waals surface area contributed by atoms with Crippen molar-refractivity contribution in [3.63, 3.8) is 0 Å². The minimum atomic E-state index is 0.308. The Bertz CT molecular complexity index is 511. The molecule has 0 spiro atoms. The van der Waals surface area contributed by atoms with Gasteiger partial charge in [-0.1, -0.05) is 26.3 Å². The van der Waals surface area contributed by atoms with Gasteiger partial charge in [0.1, 0.15) is 5.69 Å². The Morgan fingerprint density at radius 1 is 1.45 bits per heavy atom. The molecule has 1 saturated carbocycles. The van der Waals surface area contributed by atoms with Crippen LogP contribution in [0.15, 0.2) is 18.5 Å². The van der Waals surface area contributed by atoms with E-state index in [9.17, 15) is 0 Å². The highest BCUT2D eigenvalue weighted by Gasteiger charge is 2.26. The van der Waals surface area contributed by atoms with Crippen LogP contribution in [0.4, 0.5) is 11.5 Å². The first-order valence-corrected chi connectivity index (χ1v) is 7.74. The van der Waals surface area contributed by atoms with E-state index in [1.807, 2.05) is 0 Å². The normalized spacial score (nSPS) is 23.4. The second-order valence-corrected chi connectivity index (χ2v) is 6.32. The Labute approximate surface area is 125 Å². The van der Waals surface area contributed by atoms with Gasteiger partial charge in [0.05, 0.1) is 6.20 Å². The largest absolute Gasteiger partial charge is 0.355 e. The van der Waals surface area contributed by atoms with Gasteiger partial charge in [-0.2, -0.15) is 4.98 Å². The van der Waals surface area contributed by atoms with Crippen LogP contribution >= 0.6 is 11.6 Å². The lowest BCUT2D eigenvalue weighted by Gasteiger charge is -2.27. The molecule has 0 bridgehead atoms. The molecule has 1 aliphatic heterocycles. The number of rotatable bonds is 2. The molecule has 5 heteroatoms. The van der Waals surface area contributed by atoms with Crippen LogP contribution in [0.3, 0.4) is 0 Å². The number of nitrogens with zero attached hydrogens (tertiary/aromatic N) is 3. The van der Waals surface area contributed by atoms with Crippen LogP contribution in [-0.4, -0.2) is 23.1 Å². The third-order valence-corrected chi connectivity index (χ3v) is 4.56. The molecule has 3 rings (SSSR count). The van der Waals surface area contributed by atoms with Crippen molar-refractivity contribution in [2.24, 2.45) is 11.8 Å². The predicted octanol–water partition coefficient (Wildman–Crippen LogP) is 3.70. The smallest absolute Gasteiger partial charge is 0.224 e. The van der Waals surface area contributed by atoms with Gasteiger partial charge in [-0.25, -0.2) is 4.98 Å². The summed E-state index contributed by atoms with van der Waals surface area (Å²) in [5.41, 5.74) is 1.94. The van der Waals surface area contributed by atoms with E-state index in [1.165, 1.54) is 25.7 Å². The minimum absolute atomic E-state index is 0.308. The van der Waals surface area contributed by atoms with Gasteiger partial charge in [-0.05, 0) is 30.4 Å².